The van der Waals surface area contributed by atoms with Crippen LogP contribution in [0.25, 0.3) is 0 Å². The summed E-state index contributed by atoms with van der Waals surface area (Å²) in [5.74, 6) is 2.47. The molecule has 0 amide bonds. The van der Waals surface area contributed by atoms with Crippen LogP contribution in [0.2, 0.25) is 0 Å². The van der Waals surface area contributed by atoms with Gasteiger partial charge in [0.05, 0.1) is 0 Å². The molecule has 0 saturated carbocycles. The van der Waals surface area contributed by atoms with Gasteiger partial charge in [-0.2, -0.15) is 0 Å². The van der Waals surface area contributed by atoms with Gasteiger partial charge in [-0.25, -0.2) is 9.97 Å². The molecule has 3 nitrogen and oxygen atoms in total. The first-order chi connectivity index (χ1) is 7.02. The lowest BCUT2D eigenvalue weighted by atomic mass is 10.1. The molecule has 0 spiro atoms. The van der Waals surface area contributed by atoms with Crippen molar-refractivity contribution < 1.29 is 0 Å². The number of nitrogens with zero attached hydrogens (tertiary/aromatic N) is 2. The highest BCUT2D eigenvalue weighted by atomic mass is 14.9. The summed E-state index contributed by atoms with van der Waals surface area (Å²) in [4.78, 5) is 8.83. The van der Waals surface area contributed by atoms with Crippen molar-refractivity contribution >= 4 is 5.82 Å². The zero-order valence-corrected chi connectivity index (χ0v) is 10.1. The average molecular weight is 207 g/mol. The van der Waals surface area contributed by atoms with Crippen LogP contribution < -0.4 is 5.73 Å². The average Bonchev–Trinajstić information content (AvgIpc) is 2.14. The van der Waals surface area contributed by atoms with E-state index in [1.807, 2.05) is 6.07 Å². The molecular weight excluding hydrogens is 186 g/mol. The fourth-order valence-electron chi connectivity index (χ4n) is 1.47. The van der Waals surface area contributed by atoms with E-state index in [1.165, 1.54) is 0 Å². The molecule has 0 aliphatic heterocycles. The van der Waals surface area contributed by atoms with E-state index in [2.05, 4.69) is 37.7 Å². The molecule has 3 heteroatoms. The van der Waals surface area contributed by atoms with Crippen LogP contribution in [0.1, 0.15) is 51.6 Å². The molecule has 1 atom stereocenters. The number of hydrogen-bond donors (Lipinski definition) is 1. The van der Waals surface area contributed by atoms with Crippen molar-refractivity contribution in [1.29, 1.82) is 0 Å². The highest BCUT2D eigenvalue weighted by molar-refractivity contribution is 5.30. The van der Waals surface area contributed by atoms with Crippen molar-refractivity contribution in [3.05, 3.63) is 17.6 Å². The molecule has 1 aromatic heterocycles. The van der Waals surface area contributed by atoms with Gasteiger partial charge in [0.1, 0.15) is 11.6 Å². The second-order valence-corrected chi connectivity index (χ2v) is 4.55. The summed E-state index contributed by atoms with van der Waals surface area (Å²) in [6.07, 6.45) is 2.01. The second-order valence-electron chi connectivity index (χ2n) is 4.55. The summed E-state index contributed by atoms with van der Waals surface area (Å²) >= 11 is 0. The Labute approximate surface area is 92.1 Å². The second kappa shape index (κ2) is 5.10. The number of nitrogens with two attached hydrogens (primary N) is 1. The van der Waals surface area contributed by atoms with Gasteiger partial charge in [-0.05, 0) is 18.8 Å². The Kier molecular flexibility index (Phi) is 4.06. The topological polar surface area (TPSA) is 51.8 Å². The molecule has 0 aliphatic rings. The largest absolute Gasteiger partial charge is 0.384 e. The van der Waals surface area contributed by atoms with Crippen molar-refractivity contribution in [2.75, 3.05) is 5.73 Å². The third-order valence-corrected chi connectivity index (χ3v) is 2.49. The molecule has 1 heterocycles. The maximum atomic E-state index is 5.78. The predicted molar refractivity (Wildman–Crippen MR) is 63.7 cm³/mol. The van der Waals surface area contributed by atoms with Gasteiger partial charge in [0.25, 0.3) is 0 Å². The van der Waals surface area contributed by atoms with Crippen LogP contribution in [0.3, 0.4) is 0 Å². The van der Waals surface area contributed by atoms with Crippen molar-refractivity contribution in [2.45, 2.75) is 46.5 Å². The standard InChI is InChI=1S/C12H21N3/c1-5-9(4)12-14-10(6-8(2)3)7-11(13)15-12/h7-9H,5-6H2,1-4H3,(H2,13,14,15). The normalized spacial score (nSPS) is 13.1. The molecule has 0 fully saturated rings. The molecule has 15 heavy (non-hydrogen) atoms. The van der Waals surface area contributed by atoms with Gasteiger partial charge in [0.15, 0.2) is 0 Å². The number of nitrogen functional groups attached to an aromatic ring is 1. The summed E-state index contributed by atoms with van der Waals surface area (Å²) in [5.41, 5.74) is 6.84. The van der Waals surface area contributed by atoms with E-state index < -0.39 is 0 Å². The number of aromatic nitrogens is 2. The number of rotatable bonds is 4. The van der Waals surface area contributed by atoms with Gasteiger partial charge in [0, 0.05) is 17.7 Å². The van der Waals surface area contributed by atoms with Crippen LogP contribution in [0.15, 0.2) is 6.07 Å². The van der Waals surface area contributed by atoms with Gasteiger partial charge in [-0.15, -0.1) is 0 Å². The van der Waals surface area contributed by atoms with E-state index in [-0.39, 0.29) is 0 Å². The minimum absolute atomic E-state index is 0.388. The lowest BCUT2D eigenvalue weighted by Gasteiger charge is -2.11. The minimum Gasteiger partial charge on any atom is -0.384 e. The van der Waals surface area contributed by atoms with Gasteiger partial charge < -0.3 is 5.73 Å². The van der Waals surface area contributed by atoms with Gasteiger partial charge >= 0.3 is 0 Å². The number of anilines is 1. The first kappa shape index (κ1) is 12.0. The Hall–Kier alpha value is -1.12. The molecule has 0 aromatic carbocycles. The highest BCUT2D eigenvalue weighted by Crippen LogP contribution is 2.17. The molecule has 0 aliphatic carbocycles. The predicted octanol–water partition coefficient (Wildman–Crippen LogP) is 2.77. The maximum absolute atomic E-state index is 5.78. The van der Waals surface area contributed by atoms with Crippen molar-refractivity contribution in [3.8, 4) is 0 Å². The fraction of sp³-hybridized carbons (Fsp3) is 0.667. The zero-order valence-electron chi connectivity index (χ0n) is 10.1. The van der Waals surface area contributed by atoms with Crippen LogP contribution >= 0.6 is 0 Å². The molecule has 0 saturated heterocycles. The van der Waals surface area contributed by atoms with Crippen LogP contribution in [0.4, 0.5) is 5.82 Å². The van der Waals surface area contributed by atoms with Gasteiger partial charge in [-0.1, -0.05) is 27.7 Å². The first-order valence-electron chi connectivity index (χ1n) is 5.66. The molecule has 84 valence electrons. The summed E-state index contributed by atoms with van der Waals surface area (Å²) in [6, 6.07) is 1.88. The summed E-state index contributed by atoms with van der Waals surface area (Å²) in [5, 5.41) is 0. The zero-order chi connectivity index (χ0) is 11.4. The Bertz CT molecular complexity index is 321. The van der Waals surface area contributed by atoms with Gasteiger partial charge in [0.2, 0.25) is 0 Å². The van der Waals surface area contributed by atoms with Crippen LogP contribution in [-0.4, -0.2) is 9.97 Å². The fourth-order valence-corrected chi connectivity index (χ4v) is 1.47. The third-order valence-electron chi connectivity index (χ3n) is 2.49. The van der Waals surface area contributed by atoms with Crippen molar-refractivity contribution in [2.24, 2.45) is 5.92 Å². The third kappa shape index (κ3) is 3.50. The van der Waals surface area contributed by atoms with E-state index in [1.54, 1.807) is 0 Å². The lowest BCUT2D eigenvalue weighted by molar-refractivity contribution is 0.617. The van der Waals surface area contributed by atoms with Crippen LogP contribution in [0, 0.1) is 5.92 Å². The molecule has 2 N–H and O–H groups in total. The Balaban J connectivity index is 2.94. The quantitative estimate of drug-likeness (QED) is 0.826. The Morgan fingerprint density at radius 2 is 1.93 bits per heavy atom. The van der Waals surface area contributed by atoms with Crippen LogP contribution in [0.5, 0.6) is 0 Å². The van der Waals surface area contributed by atoms with E-state index >= 15 is 0 Å². The minimum atomic E-state index is 0.388. The van der Waals surface area contributed by atoms with E-state index in [9.17, 15) is 0 Å². The molecule has 1 aromatic rings. The Morgan fingerprint density at radius 3 is 2.47 bits per heavy atom. The molecular formula is C12H21N3. The first-order valence-corrected chi connectivity index (χ1v) is 5.66. The van der Waals surface area contributed by atoms with Crippen LogP contribution in [-0.2, 0) is 6.42 Å². The molecule has 1 unspecified atom stereocenters. The Morgan fingerprint density at radius 1 is 1.27 bits per heavy atom. The lowest BCUT2D eigenvalue weighted by Crippen LogP contribution is -2.07. The van der Waals surface area contributed by atoms with E-state index in [4.69, 9.17) is 5.73 Å². The monoisotopic (exact) mass is 207 g/mol. The molecule has 0 radical (unpaired) electrons. The van der Waals surface area contributed by atoms with E-state index in [0.29, 0.717) is 17.7 Å². The van der Waals surface area contributed by atoms with Gasteiger partial charge in [-0.3, -0.25) is 0 Å². The van der Waals surface area contributed by atoms with Crippen molar-refractivity contribution in [1.82, 2.24) is 9.97 Å². The molecule has 1 rings (SSSR count). The molecule has 0 bridgehead atoms. The van der Waals surface area contributed by atoms with E-state index in [0.717, 1.165) is 24.4 Å². The summed E-state index contributed by atoms with van der Waals surface area (Å²) in [7, 11) is 0. The summed E-state index contributed by atoms with van der Waals surface area (Å²) in [6.45, 7) is 8.63. The highest BCUT2D eigenvalue weighted by Gasteiger charge is 2.09. The smallest absolute Gasteiger partial charge is 0.133 e. The number of hydrogen-bond acceptors (Lipinski definition) is 3. The van der Waals surface area contributed by atoms with Crippen molar-refractivity contribution in [3.63, 3.8) is 0 Å². The maximum Gasteiger partial charge on any atom is 0.133 e. The SMILES string of the molecule is CCC(C)c1nc(N)cc(CC(C)C)n1. The summed E-state index contributed by atoms with van der Waals surface area (Å²) < 4.78 is 0.